The third kappa shape index (κ3) is 3.68. The molecule has 4 rings (SSSR count). The minimum absolute atomic E-state index is 0.0765. The summed E-state index contributed by atoms with van der Waals surface area (Å²) in [6, 6.07) is 29.2. The molecule has 0 saturated carbocycles. The first-order valence-electron chi connectivity index (χ1n) is 9.34. The minimum atomic E-state index is 0.0765. The van der Waals surface area contributed by atoms with Gasteiger partial charge in [-0.25, -0.2) is 0 Å². The lowest BCUT2D eigenvalue weighted by molar-refractivity contribution is 0.809. The monoisotopic (exact) mass is 353 g/mol. The van der Waals surface area contributed by atoms with Crippen LogP contribution in [-0.4, -0.2) is 11.7 Å². The Bertz CT molecular complexity index is 894. The van der Waals surface area contributed by atoms with Crippen molar-refractivity contribution in [2.45, 2.75) is 25.9 Å². The van der Waals surface area contributed by atoms with E-state index in [1.165, 1.54) is 11.1 Å². The maximum atomic E-state index is 4.94. The van der Waals surface area contributed by atoms with Gasteiger partial charge in [0.05, 0.1) is 12.1 Å². The fraction of sp³-hybridized carbons (Fsp3) is 0.167. The number of nitrogens with one attached hydrogen (secondary N) is 1. The summed E-state index contributed by atoms with van der Waals surface area (Å²) < 4.78 is 0. The molecule has 3 heteroatoms. The predicted octanol–water partition coefficient (Wildman–Crippen LogP) is 5.31. The first-order valence-corrected chi connectivity index (χ1v) is 9.34. The standard InChI is InChI=1S/C24H23N3/c1-17(19-11-5-3-6-12-19)25-23-21-15-9-10-16-22(21)24(27-23)26-18(2)20-13-7-4-8-14-20/h3-18H,1-2H3,(H,25,26,27)/t17-,18-/m1/s1. The molecule has 0 unspecified atom stereocenters. The molecule has 134 valence electrons. The molecule has 0 fully saturated rings. The van der Waals surface area contributed by atoms with Crippen LogP contribution in [0.2, 0.25) is 0 Å². The second-order valence-corrected chi connectivity index (χ2v) is 6.80. The third-order valence-corrected chi connectivity index (χ3v) is 4.88. The van der Waals surface area contributed by atoms with E-state index in [4.69, 9.17) is 9.98 Å². The summed E-state index contributed by atoms with van der Waals surface area (Å²) in [7, 11) is 0. The number of hydrogen-bond acceptors (Lipinski definition) is 2. The number of fused-ring (bicyclic) bond motifs is 1. The molecule has 1 N–H and O–H groups in total. The number of benzene rings is 3. The highest BCUT2D eigenvalue weighted by Gasteiger charge is 2.24. The molecule has 0 spiro atoms. The van der Waals surface area contributed by atoms with Crippen molar-refractivity contribution >= 4 is 11.7 Å². The fourth-order valence-electron chi connectivity index (χ4n) is 3.35. The molecule has 0 aliphatic carbocycles. The van der Waals surface area contributed by atoms with Crippen LogP contribution in [0.15, 0.2) is 94.9 Å². The maximum absolute atomic E-state index is 4.94. The van der Waals surface area contributed by atoms with Gasteiger partial charge < -0.3 is 5.32 Å². The molecule has 0 aromatic heterocycles. The van der Waals surface area contributed by atoms with Gasteiger partial charge in [-0.05, 0) is 25.0 Å². The highest BCUT2D eigenvalue weighted by atomic mass is 15.1. The van der Waals surface area contributed by atoms with E-state index in [0.717, 1.165) is 22.8 Å². The van der Waals surface area contributed by atoms with Gasteiger partial charge in [-0.1, -0.05) is 84.9 Å². The normalized spacial score (nSPS) is 18.1. The Morgan fingerprint density at radius 1 is 0.556 bits per heavy atom. The lowest BCUT2D eigenvalue weighted by Crippen LogP contribution is -2.23. The Kier molecular flexibility index (Phi) is 4.84. The molecule has 3 nitrogen and oxygen atoms in total. The molecule has 2 atom stereocenters. The van der Waals surface area contributed by atoms with Gasteiger partial charge in [0, 0.05) is 11.1 Å². The highest BCUT2D eigenvalue weighted by Crippen LogP contribution is 2.24. The van der Waals surface area contributed by atoms with Crippen molar-refractivity contribution in [3.63, 3.8) is 0 Å². The first kappa shape index (κ1) is 17.2. The van der Waals surface area contributed by atoms with Gasteiger partial charge in [0.25, 0.3) is 0 Å². The number of hydrogen-bond donors (Lipinski definition) is 1. The van der Waals surface area contributed by atoms with Crippen LogP contribution in [0.1, 0.15) is 48.2 Å². The van der Waals surface area contributed by atoms with Crippen molar-refractivity contribution in [1.82, 2.24) is 5.32 Å². The van der Waals surface area contributed by atoms with Crippen LogP contribution in [0.25, 0.3) is 0 Å². The fourth-order valence-corrected chi connectivity index (χ4v) is 3.35. The Morgan fingerprint density at radius 2 is 0.926 bits per heavy atom. The summed E-state index contributed by atoms with van der Waals surface area (Å²) in [6.07, 6.45) is 0. The number of amidine groups is 2. The molecule has 3 aromatic rings. The molecule has 3 aromatic carbocycles. The molecular formula is C24H23N3. The van der Waals surface area contributed by atoms with Crippen molar-refractivity contribution in [3.05, 3.63) is 107 Å². The van der Waals surface area contributed by atoms with E-state index in [0.29, 0.717) is 0 Å². The smallest absolute Gasteiger partial charge is 0.135 e. The quantitative estimate of drug-likeness (QED) is 0.678. The van der Waals surface area contributed by atoms with E-state index < -0.39 is 0 Å². The molecule has 0 saturated heterocycles. The van der Waals surface area contributed by atoms with Crippen LogP contribution in [0.5, 0.6) is 0 Å². The molecular weight excluding hydrogens is 330 g/mol. The second kappa shape index (κ2) is 7.58. The van der Waals surface area contributed by atoms with E-state index in [2.05, 4.69) is 79.8 Å². The first-order chi connectivity index (χ1) is 13.2. The van der Waals surface area contributed by atoms with Crippen LogP contribution in [-0.2, 0) is 0 Å². The summed E-state index contributed by atoms with van der Waals surface area (Å²) in [6.45, 7) is 4.24. The zero-order valence-electron chi connectivity index (χ0n) is 15.6. The van der Waals surface area contributed by atoms with Crippen LogP contribution in [0.3, 0.4) is 0 Å². The average molecular weight is 353 g/mol. The van der Waals surface area contributed by atoms with Crippen LogP contribution in [0, 0.1) is 0 Å². The zero-order valence-corrected chi connectivity index (χ0v) is 15.6. The summed E-state index contributed by atoms with van der Waals surface area (Å²) in [5.41, 5.74) is 4.62. The van der Waals surface area contributed by atoms with Gasteiger partial charge in [0.2, 0.25) is 0 Å². The Labute approximate surface area is 160 Å². The second-order valence-electron chi connectivity index (χ2n) is 6.80. The lowest BCUT2D eigenvalue weighted by atomic mass is 10.1. The van der Waals surface area contributed by atoms with Gasteiger partial charge in [-0.15, -0.1) is 0 Å². The maximum Gasteiger partial charge on any atom is 0.135 e. The molecule has 0 amide bonds. The average Bonchev–Trinajstić information content (AvgIpc) is 3.06. The van der Waals surface area contributed by atoms with Crippen molar-refractivity contribution < 1.29 is 0 Å². The van der Waals surface area contributed by atoms with E-state index in [1.807, 2.05) is 24.3 Å². The summed E-state index contributed by atoms with van der Waals surface area (Å²) in [5, 5.41) is 3.46. The van der Waals surface area contributed by atoms with Crippen molar-refractivity contribution in [2.75, 3.05) is 0 Å². The predicted molar refractivity (Wildman–Crippen MR) is 112 cm³/mol. The van der Waals surface area contributed by atoms with Crippen molar-refractivity contribution in [1.29, 1.82) is 0 Å². The summed E-state index contributed by atoms with van der Waals surface area (Å²) >= 11 is 0. The third-order valence-electron chi connectivity index (χ3n) is 4.88. The topological polar surface area (TPSA) is 36.8 Å². The van der Waals surface area contributed by atoms with Gasteiger partial charge >= 0.3 is 0 Å². The van der Waals surface area contributed by atoms with Gasteiger partial charge in [-0.3, -0.25) is 9.98 Å². The van der Waals surface area contributed by atoms with Crippen molar-refractivity contribution in [3.8, 4) is 0 Å². The SMILES string of the molecule is C[C@@H](N=C1NC(=N[C@H](C)c2ccccc2)c2ccccc21)c1ccccc1. The molecule has 0 bridgehead atoms. The number of nitrogens with zero attached hydrogens (tertiary/aromatic N) is 2. The van der Waals surface area contributed by atoms with Gasteiger partial charge in [0.1, 0.15) is 11.7 Å². The number of aliphatic imine (C=N–C) groups is 2. The highest BCUT2D eigenvalue weighted by molar-refractivity contribution is 6.25. The molecule has 1 aliphatic heterocycles. The molecule has 1 aliphatic rings. The minimum Gasteiger partial charge on any atom is -0.324 e. The Morgan fingerprint density at radius 3 is 1.33 bits per heavy atom. The Balaban J connectivity index is 1.67. The van der Waals surface area contributed by atoms with E-state index in [9.17, 15) is 0 Å². The van der Waals surface area contributed by atoms with E-state index in [1.54, 1.807) is 0 Å². The number of rotatable bonds is 4. The molecule has 0 radical (unpaired) electrons. The molecule has 1 heterocycles. The lowest BCUT2D eigenvalue weighted by Gasteiger charge is -2.10. The van der Waals surface area contributed by atoms with Crippen LogP contribution in [0.4, 0.5) is 0 Å². The largest absolute Gasteiger partial charge is 0.324 e. The van der Waals surface area contributed by atoms with Gasteiger partial charge in [-0.2, -0.15) is 0 Å². The Hall–Kier alpha value is -3.20. The summed E-state index contributed by atoms with van der Waals surface area (Å²) in [5.74, 6) is 1.78. The zero-order chi connectivity index (χ0) is 18.6. The van der Waals surface area contributed by atoms with E-state index >= 15 is 0 Å². The molecule has 27 heavy (non-hydrogen) atoms. The summed E-state index contributed by atoms with van der Waals surface area (Å²) in [4.78, 5) is 9.89. The van der Waals surface area contributed by atoms with Crippen molar-refractivity contribution in [2.24, 2.45) is 9.98 Å². The van der Waals surface area contributed by atoms with E-state index in [-0.39, 0.29) is 12.1 Å². The van der Waals surface area contributed by atoms with Gasteiger partial charge in [0.15, 0.2) is 0 Å². The van der Waals surface area contributed by atoms with Crippen LogP contribution >= 0.6 is 0 Å². The van der Waals surface area contributed by atoms with Crippen LogP contribution < -0.4 is 5.32 Å².